The van der Waals surface area contributed by atoms with Gasteiger partial charge in [0, 0.05) is 23.8 Å². The van der Waals surface area contributed by atoms with E-state index < -0.39 is 24.0 Å². The van der Waals surface area contributed by atoms with Gasteiger partial charge in [-0.15, -0.1) is 13.2 Å². The molecule has 1 aromatic heterocycles. The summed E-state index contributed by atoms with van der Waals surface area (Å²) in [6.45, 7) is 3.71. The van der Waals surface area contributed by atoms with Gasteiger partial charge in [-0.3, -0.25) is 9.69 Å². The second kappa shape index (κ2) is 12.5. The van der Waals surface area contributed by atoms with E-state index in [4.69, 9.17) is 9.26 Å². The van der Waals surface area contributed by atoms with Crippen LogP contribution in [0, 0.1) is 12.7 Å². The van der Waals surface area contributed by atoms with Crippen molar-refractivity contribution >= 4 is 40.2 Å². The van der Waals surface area contributed by atoms with Gasteiger partial charge >= 0.3 is 12.4 Å². The molecule has 228 valence electrons. The molecule has 0 bridgehead atoms. The smallest absolute Gasteiger partial charge is 0.406 e. The van der Waals surface area contributed by atoms with Gasteiger partial charge in [-0.2, -0.15) is 9.98 Å². The van der Waals surface area contributed by atoms with E-state index in [-0.39, 0.29) is 45.9 Å². The van der Waals surface area contributed by atoms with Crippen LogP contribution in [0.15, 0.2) is 70.2 Å². The first-order valence-corrected chi connectivity index (χ1v) is 13.9. The summed E-state index contributed by atoms with van der Waals surface area (Å²) in [6.07, 6.45) is -5.16. The largest absolute Gasteiger partial charge is 0.573 e. The van der Waals surface area contributed by atoms with E-state index in [0.29, 0.717) is 11.3 Å². The molecule has 1 N–H and O–H groups in total. The summed E-state index contributed by atoms with van der Waals surface area (Å²) in [7, 11) is 1.55. The van der Waals surface area contributed by atoms with Crippen LogP contribution in [0.2, 0.25) is 0 Å². The number of alkyl halides is 3. The number of carbonyl (C=O) groups excluding carboxylic acids is 2. The lowest BCUT2D eigenvalue weighted by Crippen LogP contribution is -2.31. The lowest BCUT2D eigenvalue weighted by molar-refractivity contribution is -0.274. The number of thioether (sulfide) groups is 1. The summed E-state index contributed by atoms with van der Waals surface area (Å²) in [5, 5.41) is 6.32. The van der Waals surface area contributed by atoms with Crippen molar-refractivity contribution < 1.29 is 41.1 Å². The molecule has 0 spiro atoms. The van der Waals surface area contributed by atoms with Crippen LogP contribution in [0.1, 0.15) is 24.2 Å². The summed E-state index contributed by atoms with van der Waals surface area (Å²) >= 11 is 1.08. The highest BCUT2D eigenvalue weighted by atomic mass is 32.2. The highest BCUT2D eigenvalue weighted by molar-refractivity contribution is 8.15. The Labute approximate surface area is 252 Å². The van der Waals surface area contributed by atoms with Gasteiger partial charge in [0.05, 0.1) is 23.2 Å². The van der Waals surface area contributed by atoms with Crippen LogP contribution in [-0.2, 0) is 9.53 Å². The fraction of sp³-hybridized carbons (Fsp3) is 0.207. The van der Waals surface area contributed by atoms with Crippen molar-refractivity contribution in [1.82, 2.24) is 10.1 Å². The third kappa shape index (κ3) is 6.89. The molecule has 44 heavy (non-hydrogen) atoms. The van der Waals surface area contributed by atoms with Gasteiger partial charge in [0.2, 0.25) is 11.7 Å². The van der Waals surface area contributed by atoms with Crippen molar-refractivity contribution in [3.63, 3.8) is 0 Å². The molecular formula is C29H23F4N5O5S. The van der Waals surface area contributed by atoms with Gasteiger partial charge in [0.1, 0.15) is 11.6 Å². The number of aromatic nitrogens is 2. The minimum Gasteiger partial charge on any atom is -0.406 e. The molecule has 5 rings (SSSR count). The number of nitrogens with zero attached hydrogens (tertiary/aromatic N) is 4. The van der Waals surface area contributed by atoms with E-state index in [1.807, 2.05) is 26.0 Å². The van der Waals surface area contributed by atoms with Crippen molar-refractivity contribution in [1.29, 1.82) is 0 Å². The molecule has 1 saturated heterocycles. The molecule has 1 aliphatic heterocycles. The summed E-state index contributed by atoms with van der Waals surface area (Å²) < 4.78 is 66.6. The zero-order chi connectivity index (χ0) is 31.6. The van der Waals surface area contributed by atoms with Gasteiger partial charge in [-0.05, 0) is 67.9 Å². The first-order valence-electron chi connectivity index (χ1n) is 12.9. The second-order valence-electron chi connectivity index (χ2n) is 9.47. The number of nitrogens with one attached hydrogen (secondary N) is 1. The number of hydrogen-bond donors (Lipinski definition) is 1. The number of amidine groups is 1. The Morgan fingerprint density at radius 1 is 1.11 bits per heavy atom. The Bertz CT molecular complexity index is 1740. The Hall–Kier alpha value is -4.76. The number of ether oxygens (including phenoxy) is 2. The fourth-order valence-electron chi connectivity index (χ4n) is 4.24. The normalized spacial score (nSPS) is 15.1. The number of carbonyl (C=O) groups is 2. The maximum Gasteiger partial charge on any atom is 0.573 e. The number of benzene rings is 3. The molecule has 15 heteroatoms. The molecule has 1 unspecified atom stereocenters. The second-order valence-corrected chi connectivity index (χ2v) is 10.4. The van der Waals surface area contributed by atoms with Crippen LogP contribution >= 0.6 is 11.8 Å². The predicted octanol–water partition coefficient (Wildman–Crippen LogP) is 7.13. The van der Waals surface area contributed by atoms with Crippen LogP contribution in [0.3, 0.4) is 0 Å². The molecule has 1 atom stereocenters. The highest BCUT2D eigenvalue weighted by Crippen LogP contribution is 2.35. The number of halogens is 4. The number of rotatable bonds is 7. The molecule has 2 heterocycles. The zero-order valence-electron chi connectivity index (χ0n) is 23.3. The Morgan fingerprint density at radius 3 is 2.52 bits per heavy atom. The van der Waals surface area contributed by atoms with Crippen LogP contribution in [0.5, 0.6) is 5.75 Å². The summed E-state index contributed by atoms with van der Waals surface area (Å²) in [6, 6.07) is 13.2. The van der Waals surface area contributed by atoms with E-state index in [1.165, 1.54) is 29.2 Å². The molecule has 1 fully saturated rings. The lowest BCUT2D eigenvalue weighted by Gasteiger charge is -2.23. The Balaban J connectivity index is 1.31. The van der Waals surface area contributed by atoms with Gasteiger partial charge in [-0.25, -0.2) is 9.18 Å². The van der Waals surface area contributed by atoms with Crippen molar-refractivity contribution in [3.8, 4) is 28.6 Å². The fourth-order valence-corrected chi connectivity index (χ4v) is 5.10. The first kappa shape index (κ1) is 30.7. The standard InChI is InChI=1S/C29H23F4N5O5S/c1-15-4-10-20(16(2)41-3)23(12-15)38-24(39)14-44-28(38)36-27(40)34-22-11-7-18(13-21(22)30)25-35-26(43-37-25)17-5-8-19(9-6-17)42-29(31,32)33/h4-13,16H,14H2,1-3H3,(H,34,40). The van der Waals surface area contributed by atoms with Crippen molar-refractivity contribution in [3.05, 3.63) is 77.6 Å². The third-order valence-corrected chi connectivity index (χ3v) is 7.33. The van der Waals surface area contributed by atoms with E-state index in [2.05, 4.69) is 25.2 Å². The minimum absolute atomic E-state index is 0.00314. The summed E-state index contributed by atoms with van der Waals surface area (Å²) in [5.74, 6) is -1.45. The average Bonchev–Trinajstić information content (AvgIpc) is 3.60. The summed E-state index contributed by atoms with van der Waals surface area (Å²) in [5.41, 5.74) is 2.51. The molecule has 1 aliphatic rings. The Morgan fingerprint density at radius 2 is 1.84 bits per heavy atom. The van der Waals surface area contributed by atoms with Crippen LogP contribution < -0.4 is 15.0 Å². The van der Waals surface area contributed by atoms with Crippen LogP contribution in [0.25, 0.3) is 22.8 Å². The molecule has 0 radical (unpaired) electrons. The van der Waals surface area contributed by atoms with Gasteiger partial charge < -0.3 is 19.3 Å². The number of aliphatic imine (C=N–C) groups is 1. The van der Waals surface area contributed by atoms with Gasteiger partial charge in [-0.1, -0.05) is 29.1 Å². The molecular weight excluding hydrogens is 606 g/mol. The number of methoxy groups -OCH3 is 1. The van der Waals surface area contributed by atoms with Crippen molar-refractivity contribution in [2.75, 3.05) is 23.1 Å². The average molecular weight is 630 g/mol. The SMILES string of the molecule is COC(C)c1ccc(C)cc1N1C(=O)CSC1=NC(=O)Nc1ccc(-c2noc(-c3ccc(OC(F)(F)F)cc3)n2)cc1F. The van der Waals surface area contributed by atoms with E-state index in [1.54, 1.807) is 13.2 Å². The highest BCUT2D eigenvalue weighted by Gasteiger charge is 2.33. The predicted molar refractivity (Wildman–Crippen MR) is 155 cm³/mol. The molecule has 3 amide bonds. The monoisotopic (exact) mass is 629 g/mol. The minimum atomic E-state index is -4.83. The first-order chi connectivity index (χ1) is 20.9. The topological polar surface area (TPSA) is 119 Å². The van der Waals surface area contributed by atoms with Crippen LogP contribution in [0.4, 0.5) is 33.7 Å². The van der Waals surface area contributed by atoms with E-state index in [0.717, 1.165) is 41.1 Å². The summed E-state index contributed by atoms with van der Waals surface area (Å²) in [4.78, 5) is 35.2. The number of anilines is 2. The quantitative estimate of drug-likeness (QED) is 0.215. The molecule has 0 saturated carbocycles. The number of urea groups is 1. The molecule has 10 nitrogen and oxygen atoms in total. The lowest BCUT2D eigenvalue weighted by atomic mass is 10.0. The zero-order valence-corrected chi connectivity index (χ0v) is 24.1. The van der Waals surface area contributed by atoms with E-state index >= 15 is 4.39 Å². The Kier molecular flexibility index (Phi) is 8.69. The van der Waals surface area contributed by atoms with Gasteiger partial charge in [0.15, 0.2) is 5.17 Å². The maximum atomic E-state index is 15.0. The maximum absolute atomic E-state index is 15.0. The molecule has 3 aromatic carbocycles. The van der Waals surface area contributed by atoms with E-state index in [9.17, 15) is 22.8 Å². The van der Waals surface area contributed by atoms with Crippen LogP contribution in [-0.4, -0.2) is 46.5 Å². The number of hydrogen-bond acceptors (Lipinski definition) is 8. The third-order valence-electron chi connectivity index (χ3n) is 6.41. The van der Waals surface area contributed by atoms with Crippen molar-refractivity contribution in [2.45, 2.75) is 26.3 Å². The van der Waals surface area contributed by atoms with Crippen molar-refractivity contribution in [2.24, 2.45) is 4.99 Å². The molecule has 4 aromatic rings. The molecule has 0 aliphatic carbocycles. The number of amides is 3. The number of aryl methyl sites for hydroxylation is 1. The van der Waals surface area contributed by atoms with Gasteiger partial charge in [0.25, 0.3) is 5.89 Å².